The predicted octanol–water partition coefficient (Wildman–Crippen LogP) is 2.54. The first kappa shape index (κ1) is 23.8. The van der Waals surface area contributed by atoms with E-state index in [2.05, 4.69) is 10.2 Å². The van der Waals surface area contributed by atoms with Gasteiger partial charge in [-0.05, 0) is 44.5 Å². The number of benzene rings is 2. The molecule has 0 aliphatic carbocycles. The second kappa shape index (κ2) is 10.3. The molecule has 2 aliphatic rings. The molecule has 2 atom stereocenters. The molecule has 35 heavy (non-hydrogen) atoms. The number of carbonyl (C=O) groups is 4. The van der Waals surface area contributed by atoms with Crippen LogP contribution in [0.4, 0.5) is 11.4 Å². The fourth-order valence-corrected chi connectivity index (χ4v) is 3.93. The Balaban J connectivity index is 1.68. The number of para-hydroxylation sites is 2. The molecule has 0 aromatic heterocycles. The highest BCUT2D eigenvalue weighted by atomic mass is 16.5. The monoisotopic (exact) mass is 476 g/mol. The summed E-state index contributed by atoms with van der Waals surface area (Å²) in [6.45, 7) is 3.46. The lowest BCUT2D eigenvalue weighted by Crippen LogP contribution is -2.38. The van der Waals surface area contributed by atoms with Crippen molar-refractivity contribution in [3.63, 3.8) is 0 Å². The van der Waals surface area contributed by atoms with Crippen molar-refractivity contribution in [1.29, 1.82) is 0 Å². The Morgan fingerprint density at radius 2 is 1.09 bits per heavy atom. The molecule has 0 saturated carbocycles. The number of nitrogens with zero attached hydrogens (tertiary/aromatic N) is 4. The van der Waals surface area contributed by atoms with Gasteiger partial charge in [-0.1, -0.05) is 36.4 Å². The van der Waals surface area contributed by atoms with Crippen LogP contribution in [0.25, 0.3) is 0 Å². The Hall–Kier alpha value is -4.34. The van der Waals surface area contributed by atoms with E-state index in [0.717, 1.165) is 10.0 Å². The number of rotatable bonds is 8. The van der Waals surface area contributed by atoms with E-state index >= 15 is 0 Å². The van der Waals surface area contributed by atoms with Crippen LogP contribution in [0.15, 0.2) is 70.9 Å². The number of amides is 2. The lowest BCUT2D eigenvalue weighted by molar-refractivity contribution is -0.136. The maximum absolute atomic E-state index is 13.4. The van der Waals surface area contributed by atoms with E-state index < -0.39 is 35.6 Å². The predicted molar refractivity (Wildman–Crippen MR) is 128 cm³/mol. The van der Waals surface area contributed by atoms with Crippen LogP contribution in [0, 0.1) is 11.8 Å². The molecule has 0 N–H and O–H groups in total. The summed E-state index contributed by atoms with van der Waals surface area (Å²) in [5, 5.41) is 10.7. The van der Waals surface area contributed by atoms with E-state index in [1.54, 1.807) is 74.5 Å². The number of ether oxygens (including phenoxy) is 2. The summed E-state index contributed by atoms with van der Waals surface area (Å²) in [6.07, 6.45) is -0.195. The third-order valence-corrected chi connectivity index (χ3v) is 5.53. The molecule has 0 fully saturated rings. The van der Waals surface area contributed by atoms with Gasteiger partial charge in [-0.15, -0.1) is 0 Å². The van der Waals surface area contributed by atoms with Crippen molar-refractivity contribution in [2.45, 2.75) is 20.3 Å². The molecule has 180 valence electrons. The maximum atomic E-state index is 13.4. The Kier molecular flexibility index (Phi) is 7.00. The topological polar surface area (TPSA) is 118 Å². The zero-order valence-electron chi connectivity index (χ0n) is 19.3. The van der Waals surface area contributed by atoms with Crippen molar-refractivity contribution in [1.82, 2.24) is 0 Å². The van der Waals surface area contributed by atoms with Crippen LogP contribution in [-0.2, 0) is 28.7 Å². The average Bonchev–Trinajstić information content (AvgIpc) is 3.38. The molecule has 2 aromatic rings. The van der Waals surface area contributed by atoms with E-state index in [4.69, 9.17) is 9.47 Å². The Morgan fingerprint density at radius 3 is 1.43 bits per heavy atom. The van der Waals surface area contributed by atoms with Crippen LogP contribution in [-0.4, -0.2) is 48.4 Å². The van der Waals surface area contributed by atoms with Gasteiger partial charge in [-0.3, -0.25) is 9.59 Å². The van der Waals surface area contributed by atoms with Crippen LogP contribution < -0.4 is 10.0 Å². The molecule has 2 aromatic carbocycles. The van der Waals surface area contributed by atoms with E-state index in [1.807, 2.05) is 0 Å². The molecule has 0 unspecified atom stereocenters. The summed E-state index contributed by atoms with van der Waals surface area (Å²) in [5.41, 5.74) is 0.666. The van der Waals surface area contributed by atoms with Crippen molar-refractivity contribution in [3.05, 3.63) is 60.7 Å². The molecular weight excluding hydrogens is 452 g/mol. The molecule has 0 bridgehead atoms. The summed E-state index contributed by atoms with van der Waals surface area (Å²) < 4.78 is 10.2. The zero-order chi connectivity index (χ0) is 24.9. The van der Waals surface area contributed by atoms with Crippen LogP contribution in [0.2, 0.25) is 0 Å². The largest absolute Gasteiger partial charge is 0.461 e. The minimum absolute atomic E-state index is 0.0871. The smallest absolute Gasteiger partial charge is 0.355 e. The van der Waals surface area contributed by atoms with Gasteiger partial charge in [0.05, 0.1) is 36.4 Å². The fourth-order valence-electron chi connectivity index (χ4n) is 3.93. The number of esters is 2. The van der Waals surface area contributed by atoms with Crippen molar-refractivity contribution < 1.29 is 28.7 Å². The van der Waals surface area contributed by atoms with Gasteiger partial charge in [0.25, 0.3) is 11.8 Å². The fraction of sp³-hybridized carbons (Fsp3) is 0.280. The number of hydrogen-bond acceptors (Lipinski definition) is 8. The quantitative estimate of drug-likeness (QED) is 0.541. The molecule has 4 rings (SSSR count). The SMILES string of the molecule is CCOC(=O)C1=NN(c2ccccc2)C(=O)[C@@H]1C[C@H]1C(=O)N(c2ccccc2)N=C1C(=O)OCC. The lowest BCUT2D eigenvalue weighted by atomic mass is 9.87. The molecule has 0 radical (unpaired) electrons. The van der Waals surface area contributed by atoms with Gasteiger partial charge in [0.1, 0.15) is 0 Å². The van der Waals surface area contributed by atoms with E-state index in [1.165, 1.54) is 0 Å². The highest BCUT2D eigenvalue weighted by molar-refractivity contribution is 6.46. The summed E-state index contributed by atoms with van der Waals surface area (Å²) in [5.74, 6) is -4.76. The molecule has 2 amide bonds. The highest BCUT2D eigenvalue weighted by Gasteiger charge is 2.48. The highest BCUT2D eigenvalue weighted by Crippen LogP contribution is 2.33. The van der Waals surface area contributed by atoms with Crippen LogP contribution >= 0.6 is 0 Å². The van der Waals surface area contributed by atoms with Gasteiger partial charge < -0.3 is 9.47 Å². The molecule has 2 heterocycles. The van der Waals surface area contributed by atoms with Gasteiger partial charge in [-0.2, -0.15) is 20.2 Å². The molecule has 10 heteroatoms. The number of carbonyl (C=O) groups excluding carboxylic acids is 4. The second-order valence-corrected chi connectivity index (χ2v) is 7.72. The minimum atomic E-state index is -1.11. The van der Waals surface area contributed by atoms with Gasteiger partial charge in [-0.25, -0.2) is 9.59 Å². The number of hydrazone groups is 2. The molecular formula is C25H24N4O6. The van der Waals surface area contributed by atoms with E-state index in [9.17, 15) is 19.2 Å². The normalized spacial score (nSPS) is 19.5. The van der Waals surface area contributed by atoms with E-state index in [-0.39, 0.29) is 31.1 Å². The van der Waals surface area contributed by atoms with E-state index in [0.29, 0.717) is 11.4 Å². The van der Waals surface area contributed by atoms with Gasteiger partial charge in [0.2, 0.25) is 0 Å². The molecule has 2 aliphatic heterocycles. The lowest BCUT2D eigenvalue weighted by Gasteiger charge is -2.18. The van der Waals surface area contributed by atoms with Crippen molar-refractivity contribution in [2.24, 2.45) is 22.0 Å². The van der Waals surface area contributed by atoms with Crippen molar-refractivity contribution in [3.8, 4) is 0 Å². The minimum Gasteiger partial charge on any atom is -0.461 e. The molecule has 0 spiro atoms. The van der Waals surface area contributed by atoms with Gasteiger partial charge >= 0.3 is 11.9 Å². The van der Waals surface area contributed by atoms with Crippen molar-refractivity contribution >= 4 is 46.6 Å². The first-order valence-electron chi connectivity index (χ1n) is 11.3. The number of anilines is 2. The van der Waals surface area contributed by atoms with Crippen LogP contribution in [0.5, 0.6) is 0 Å². The van der Waals surface area contributed by atoms with Crippen LogP contribution in [0.1, 0.15) is 20.3 Å². The average molecular weight is 476 g/mol. The summed E-state index contributed by atoms with van der Waals surface area (Å²) in [4.78, 5) is 52.2. The Morgan fingerprint density at radius 1 is 0.714 bits per heavy atom. The summed E-state index contributed by atoms with van der Waals surface area (Å²) >= 11 is 0. The molecule has 0 saturated heterocycles. The summed E-state index contributed by atoms with van der Waals surface area (Å²) in [7, 11) is 0. The van der Waals surface area contributed by atoms with Gasteiger partial charge in [0.15, 0.2) is 11.4 Å². The van der Waals surface area contributed by atoms with Crippen LogP contribution in [0.3, 0.4) is 0 Å². The Labute approximate surface area is 201 Å². The first-order chi connectivity index (χ1) is 17.0. The van der Waals surface area contributed by atoms with Crippen molar-refractivity contribution in [2.75, 3.05) is 23.2 Å². The zero-order valence-corrected chi connectivity index (χ0v) is 19.3. The third-order valence-electron chi connectivity index (χ3n) is 5.53. The maximum Gasteiger partial charge on any atom is 0.355 e. The molecule has 10 nitrogen and oxygen atoms in total. The van der Waals surface area contributed by atoms with Gasteiger partial charge in [0, 0.05) is 0 Å². The second-order valence-electron chi connectivity index (χ2n) is 7.72. The third kappa shape index (κ3) is 4.68. The number of hydrogen-bond donors (Lipinski definition) is 0. The summed E-state index contributed by atoms with van der Waals surface area (Å²) in [6, 6.07) is 17.2. The Bertz CT molecular complexity index is 1100. The first-order valence-corrected chi connectivity index (χ1v) is 11.3. The standard InChI is InChI=1S/C25H24N4O6/c1-3-34-24(32)20-18(22(30)28(26-20)16-11-7-5-8-12-16)15-19-21(25(33)35-4-2)27-29(23(19)31)17-13-9-6-10-14-17/h5-14,18-19H,3-4,15H2,1-2H3/t18-,19-/m1/s1.